The predicted molar refractivity (Wildman–Crippen MR) is 81.1 cm³/mol. The molecule has 0 aromatic heterocycles. The first-order valence-electron chi connectivity index (χ1n) is 6.60. The average molecular weight is 313 g/mol. The Kier molecular flexibility index (Phi) is 6.43. The van der Waals surface area contributed by atoms with Gasteiger partial charge in [-0.15, -0.1) is 0 Å². The van der Waals surface area contributed by atoms with E-state index in [-0.39, 0.29) is 11.9 Å². The molecule has 1 rings (SSSR count). The van der Waals surface area contributed by atoms with E-state index in [1.165, 1.54) is 12.1 Å². The maximum Gasteiger partial charge on any atom is 0.416 e. The lowest BCUT2D eigenvalue weighted by Gasteiger charge is -2.12. The highest BCUT2D eigenvalue weighted by Gasteiger charge is 2.29. The molecule has 0 spiro atoms. The van der Waals surface area contributed by atoms with Crippen molar-refractivity contribution in [3.8, 4) is 0 Å². The Morgan fingerprint density at radius 1 is 1.09 bits per heavy atom. The maximum atomic E-state index is 12.4. The van der Waals surface area contributed by atoms with Gasteiger partial charge in [0.05, 0.1) is 5.56 Å². The second-order valence-electron chi connectivity index (χ2n) is 4.34. The summed E-state index contributed by atoms with van der Waals surface area (Å²) in [7, 11) is 0. The summed E-state index contributed by atoms with van der Waals surface area (Å²) in [5.41, 5.74) is -0.432. The summed E-state index contributed by atoms with van der Waals surface area (Å²) in [6.45, 7) is 2.44. The van der Waals surface area contributed by atoms with Crippen LogP contribution in [0.25, 0.3) is 0 Å². The molecule has 0 unspecified atom stereocenters. The zero-order valence-electron chi connectivity index (χ0n) is 12.0. The molecule has 0 saturated heterocycles. The summed E-state index contributed by atoms with van der Waals surface area (Å²) in [5, 5.41) is 22.9. The fourth-order valence-electron chi connectivity index (χ4n) is 1.50. The van der Waals surface area contributed by atoms with Crippen molar-refractivity contribution in [2.24, 2.45) is 0 Å². The van der Waals surface area contributed by atoms with E-state index in [1.54, 1.807) is 0 Å². The second kappa shape index (κ2) is 8.06. The summed E-state index contributed by atoms with van der Waals surface area (Å²) < 4.78 is 37.2. The van der Waals surface area contributed by atoms with Crippen molar-refractivity contribution in [2.45, 2.75) is 19.5 Å². The minimum Gasteiger partial charge on any atom is -0.353 e. The van der Waals surface area contributed by atoms with E-state index in [0.29, 0.717) is 12.2 Å². The Hall–Kier alpha value is -2.51. The minimum absolute atomic E-state index is 0.0786. The van der Waals surface area contributed by atoms with E-state index < -0.39 is 11.7 Å². The van der Waals surface area contributed by atoms with Crippen LogP contribution in [0.1, 0.15) is 18.9 Å². The van der Waals surface area contributed by atoms with Crippen molar-refractivity contribution < 1.29 is 13.2 Å². The Labute approximate surface area is 126 Å². The van der Waals surface area contributed by atoms with Gasteiger partial charge in [-0.25, -0.2) is 0 Å². The largest absolute Gasteiger partial charge is 0.416 e. The van der Waals surface area contributed by atoms with Gasteiger partial charge in [0.25, 0.3) is 0 Å². The van der Waals surface area contributed by atoms with Gasteiger partial charge in [-0.2, -0.15) is 13.2 Å². The molecular formula is C14H18F3N5. The number of guanidine groups is 2. The lowest BCUT2D eigenvalue weighted by atomic mass is 10.2. The molecule has 5 N–H and O–H groups in total. The van der Waals surface area contributed by atoms with Gasteiger partial charge in [-0.1, -0.05) is 19.1 Å². The van der Waals surface area contributed by atoms with Crippen LogP contribution in [0, 0.1) is 10.8 Å². The smallest absolute Gasteiger partial charge is 0.353 e. The van der Waals surface area contributed by atoms with Gasteiger partial charge in [-0.3, -0.25) is 16.1 Å². The molecule has 0 aliphatic heterocycles. The summed E-state index contributed by atoms with van der Waals surface area (Å²) >= 11 is 0. The van der Waals surface area contributed by atoms with Gasteiger partial charge in [0, 0.05) is 12.2 Å². The quantitative estimate of drug-likeness (QED) is 0.336. The first-order chi connectivity index (χ1) is 10.3. The van der Waals surface area contributed by atoms with Crippen LogP contribution in [0.5, 0.6) is 0 Å². The number of nitrogens with one attached hydrogen (secondary N) is 5. The summed E-state index contributed by atoms with van der Waals surface area (Å²) in [4.78, 5) is 0. The summed E-state index contributed by atoms with van der Waals surface area (Å²) in [6.07, 6.45) is 0.297. The molecule has 0 aliphatic rings. The van der Waals surface area contributed by atoms with Crippen molar-refractivity contribution in [3.05, 3.63) is 42.0 Å². The molecule has 22 heavy (non-hydrogen) atoms. The van der Waals surface area contributed by atoms with Gasteiger partial charge in [0.15, 0.2) is 11.9 Å². The van der Waals surface area contributed by atoms with Gasteiger partial charge >= 0.3 is 6.18 Å². The van der Waals surface area contributed by atoms with Crippen molar-refractivity contribution in [3.63, 3.8) is 0 Å². The fraction of sp³-hybridized carbons (Fsp3) is 0.286. The van der Waals surface area contributed by atoms with Crippen LogP contribution in [0.3, 0.4) is 0 Å². The normalized spacial score (nSPS) is 11.3. The van der Waals surface area contributed by atoms with E-state index in [2.05, 4.69) is 16.0 Å². The molecule has 120 valence electrons. The maximum absolute atomic E-state index is 12.4. The Morgan fingerprint density at radius 2 is 1.73 bits per heavy atom. The standard InChI is InChI=1S/C14H18F3N5/c1-2-3-4-9-20-12(18)22-13(19)21-11-7-5-10(6-8-11)14(15,16)17/h3-8H,2,9H2,1H3,(H5,18,19,20,21,22)/b4-3+. The average Bonchev–Trinajstić information content (AvgIpc) is 2.43. The van der Waals surface area contributed by atoms with Gasteiger partial charge in [-0.05, 0) is 30.7 Å². The fourth-order valence-corrected chi connectivity index (χ4v) is 1.50. The molecule has 5 nitrogen and oxygen atoms in total. The molecule has 0 bridgehead atoms. The van der Waals surface area contributed by atoms with Crippen LogP contribution in [0.2, 0.25) is 0 Å². The van der Waals surface area contributed by atoms with E-state index in [4.69, 9.17) is 10.8 Å². The van der Waals surface area contributed by atoms with Crippen molar-refractivity contribution in [1.29, 1.82) is 10.8 Å². The van der Waals surface area contributed by atoms with E-state index in [0.717, 1.165) is 18.6 Å². The highest BCUT2D eigenvalue weighted by atomic mass is 19.4. The molecule has 1 aromatic rings. The molecule has 0 saturated carbocycles. The number of anilines is 1. The highest BCUT2D eigenvalue weighted by Crippen LogP contribution is 2.29. The van der Waals surface area contributed by atoms with E-state index in [1.807, 2.05) is 19.1 Å². The third-order valence-electron chi connectivity index (χ3n) is 2.53. The van der Waals surface area contributed by atoms with Gasteiger partial charge in [0.1, 0.15) is 0 Å². The molecule has 0 heterocycles. The number of halogens is 3. The van der Waals surface area contributed by atoms with Crippen molar-refractivity contribution in [2.75, 3.05) is 11.9 Å². The van der Waals surface area contributed by atoms with Crippen molar-refractivity contribution >= 4 is 17.6 Å². The third kappa shape index (κ3) is 6.29. The minimum atomic E-state index is -4.39. The first kappa shape index (κ1) is 17.5. The monoisotopic (exact) mass is 313 g/mol. The lowest BCUT2D eigenvalue weighted by Crippen LogP contribution is -2.42. The summed E-state index contributed by atoms with van der Waals surface area (Å²) in [5.74, 6) is -0.290. The summed E-state index contributed by atoms with van der Waals surface area (Å²) in [6, 6.07) is 4.30. The molecule has 0 atom stereocenters. The van der Waals surface area contributed by atoms with Crippen molar-refractivity contribution in [1.82, 2.24) is 10.6 Å². The topological polar surface area (TPSA) is 83.8 Å². The van der Waals surface area contributed by atoms with Crippen LogP contribution in [-0.4, -0.2) is 18.5 Å². The number of hydrogen-bond acceptors (Lipinski definition) is 2. The molecular weight excluding hydrogens is 295 g/mol. The number of rotatable bonds is 4. The van der Waals surface area contributed by atoms with E-state index in [9.17, 15) is 13.2 Å². The van der Waals surface area contributed by atoms with E-state index >= 15 is 0 Å². The lowest BCUT2D eigenvalue weighted by molar-refractivity contribution is -0.137. The number of benzene rings is 1. The molecule has 0 amide bonds. The zero-order chi connectivity index (χ0) is 16.6. The van der Waals surface area contributed by atoms with Gasteiger partial charge < -0.3 is 10.6 Å². The predicted octanol–water partition coefficient (Wildman–Crippen LogP) is 3.13. The first-order valence-corrected chi connectivity index (χ1v) is 6.60. The molecule has 1 aromatic carbocycles. The molecule has 0 fully saturated rings. The molecule has 0 aliphatic carbocycles. The molecule has 8 heteroatoms. The Balaban J connectivity index is 2.45. The SMILES string of the molecule is CC/C=C/CNC(=N)NC(=N)Nc1ccc(C(F)(F)F)cc1. The van der Waals surface area contributed by atoms with Crippen LogP contribution in [0.4, 0.5) is 18.9 Å². The zero-order valence-corrected chi connectivity index (χ0v) is 12.0. The number of hydrogen-bond donors (Lipinski definition) is 5. The highest BCUT2D eigenvalue weighted by molar-refractivity contribution is 6.02. The third-order valence-corrected chi connectivity index (χ3v) is 2.53. The van der Waals surface area contributed by atoms with Crippen LogP contribution < -0.4 is 16.0 Å². The Bertz CT molecular complexity index is 534. The van der Waals surface area contributed by atoms with Gasteiger partial charge in [0.2, 0.25) is 0 Å². The van der Waals surface area contributed by atoms with Crippen LogP contribution in [-0.2, 0) is 6.18 Å². The molecule has 0 radical (unpaired) electrons. The Morgan fingerprint density at radius 3 is 2.27 bits per heavy atom. The van der Waals surface area contributed by atoms with Crippen LogP contribution >= 0.6 is 0 Å². The second-order valence-corrected chi connectivity index (χ2v) is 4.34. The van der Waals surface area contributed by atoms with Crippen LogP contribution in [0.15, 0.2) is 36.4 Å². The number of allylic oxidation sites excluding steroid dienone is 1. The number of alkyl halides is 3.